The first kappa shape index (κ1) is 35.1. The number of nitrogens with two attached hydrogens (primary N) is 1. The molecule has 0 radical (unpaired) electrons. The zero-order chi connectivity index (χ0) is 34.4. The fourth-order valence-corrected chi connectivity index (χ4v) is 7.66. The number of rotatable bonds is 13. The van der Waals surface area contributed by atoms with Gasteiger partial charge in [0.2, 0.25) is 16.7 Å². The normalized spacial score (nSPS) is 21.0. The van der Waals surface area contributed by atoms with E-state index in [-0.39, 0.29) is 34.2 Å². The number of ether oxygens (including phenoxy) is 1. The van der Waals surface area contributed by atoms with Gasteiger partial charge in [-0.25, -0.2) is 14.3 Å². The number of aliphatic carboxylic acids is 1. The number of nitrogens with zero attached hydrogens (tertiary/aromatic N) is 8. The molecule has 21 heteroatoms. The number of aryl methyl sites for hydroxylation is 1. The van der Waals surface area contributed by atoms with Crippen LogP contribution in [0.15, 0.2) is 33.7 Å². The number of alkyl carbamates (subject to hydrolysis) is 1. The van der Waals surface area contributed by atoms with Crippen molar-refractivity contribution in [2.75, 3.05) is 23.8 Å². The average Bonchev–Trinajstić information content (AvgIpc) is 3.68. The Balaban J connectivity index is 1.20. The van der Waals surface area contributed by atoms with Crippen LogP contribution in [0.5, 0.6) is 0 Å². The molecule has 1 aliphatic carbocycles. The van der Waals surface area contributed by atoms with Gasteiger partial charge in [-0.1, -0.05) is 23.0 Å². The number of carbonyl (C=O) groups excluding carboxylic acids is 3. The van der Waals surface area contributed by atoms with E-state index in [0.29, 0.717) is 36.0 Å². The van der Waals surface area contributed by atoms with Crippen molar-refractivity contribution in [3.63, 3.8) is 0 Å². The van der Waals surface area contributed by atoms with Gasteiger partial charge in [-0.15, -0.1) is 16.9 Å². The molecule has 2 aromatic rings. The van der Waals surface area contributed by atoms with Gasteiger partial charge in [-0.2, -0.15) is 9.36 Å². The van der Waals surface area contributed by atoms with Gasteiger partial charge in [-0.05, 0) is 68.5 Å². The molecule has 2 unspecified atom stereocenters. The molecule has 0 saturated carbocycles. The summed E-state index contributed by atoms with van der Waals surface area (Å²) >= 11 is 3.44. The van der Waals surface area contributed by atoms with Crippen molar-refractivity contribution in [3.05, 3.63) is 29.2 Å². The lowest BCUT2D eigenvalue weighted by molar-refractivity contribution is -0.150. The van der Waals surface area contributed by atoms with Crippen molar-refractivity contribution < 1.29 is 33.9 Å². The number of oxime groups is 1. The Morgan fingerprint density at radius 2 is 2.10 bits per heavy atom. The summed E-state index contributed by atoms with van der Waals surface area (Å²) in [5, 5.41) is 31.1. The van der Waals surface area contributed by atoms with Crippen LogP contribution in [0.2, 0.25) is 0 Å². The van der Waals surface area contributed by atoms with Crippen LogP contribution < -0.4 is 16.4 Å². The van der Waals surface area contributed by atoms with Crippen molar-refractivity contribution >= 4 is 69.8 Å². The van der Waals surface area contributed by atoms with E-state index >= 15 is 0 Å². The number of thioether (sulfide) groups is 2. The van der Waals surface area contributed by atoms with Gasteiger partial charge in [0.25, 0.3) is 11.8 Å². The minimum atomic E-state index is -1.26. The molecule has 258 valence electrons. The first-order valence-corrected chi connectivity index (χ1v) is 17.8. The van der Waals surface area contributed by atoms with E-state index in [2.05, 4.69) is 40.7 Å². The standard InChI is InChI=1S/C27H35N11O7S3/c1-27(2,3)44-26(43)29-10-7-11-37-25(32-35-36-37)47-13-14-12-46-22-17(21(40)38(22)18(14)23(41)42)30-20(39)16(19-31-24(28)48-34-19)33-45-15-8-5-4-6-9-15/h5,8,15,17,22H,4,6-7,9-13H2,1-3H3,(H,29,43)(H,30,39)(H,41,42)(H2,28,31,34)/t15?,17?,22-/m0/s1. The Kier molecular flexibility index (Phi) is 11.2. The number of β-lactam (4-membered cyclic amide) rings is 1. The van der Waals surface area contributed by atoms with Crippen LogP contribution in [0.3, 0.4) is 0 Å². The summed E-state index contributed by atoms with van der Waals surface area (Å²) in [6.45, 7) is 6.07. The number of tetrazole rings is 1. The van der Waals surface area contributed by atoms with Crippen LogP contribution in [0, 0.1) is 0 Å². The van der Waals surface area contributed by atoms with Crippen LogP contribution in [-0.4, -0.2) is 110 Å². The lowest BCUT2D eigenvalue weighted by Crippen LogP contribution is -2.71. The Morgan fingerprint density at radius 1 is 1.29 bits per heavy atom. The molecule has 2 aliphatic heterocycles. The molecule has 5 N–H and O–H groups in total. The van der Waals surface area contributed by atoms with Crippen LogP contribution in [0.25, 0.3) is 0 Å². The minimum Gasteiger partial charge on any atom is -0.477 e. The third kappa shape index (κ3) is 8.61. The fourth-order valence-electron chi connectivity index (χ4n) is 4.83. The highest BCUT2D eigenvalue weighted by molar-refractivity contribution is 8.01. The highest BCUT2D eigenvalue weighted by atomic mass is 32.2. The molecule has 0 aromatic carbocycles. The molecule has 18 nitrogen and oxygen atoms in total. The quantitative estimate of drug-likeness (QED) is 0.0570. The summed E-state index contributed by atoms with van der Waals surface area (Å²) in [6.07, 6.45) is 6.09. The molecule has 48 heavy (non-hydrogen) atoms. The van der Waals surface area contributed by atoms with E-state index in [1.165, 1.54) is 28.4 Å². The zero-order valence-electron chi connectivity index (χ0n) is 26.3. The third-order valence-corrected chi connectivity index (χ3v) is 9.91. The van der Waals surface area contributed by atoms with Crippen molar-refractivity contribution in [2.45, 2.75) is 81.3 Å². The number of hydrogen-bond acceptors (Lipinski definition) is 16. The summed E-state index contributed by atoms with van der Waals surface area (Å²) in [4.78, 5) is 61.7. The second-order valence-electron chi connectivity index (χ2n) is 11.8. The maximum Gasteiger partial charge on any atom is 0.407 e. The summed E-state index contributed by atoms with van der Waals surface area (Å²) in [7, 11) is 0. The van der Waals surface area contributed by atoms with Crippen LogP contribution in [0.4, 0.5) is 9.93 Å². The van der Waals surface area contributed by atoms with Gasteiger partial charge < -0.3 is 31.0 Å². The lowest BCUT2D eigenvalue weighted by atomic mass is 10.0. The van der Waals surface area contributed by atoms with E-state index in [1.807, 2.05) is 12.2 Å². The molecule has 5 rings (SSSR count). The lowest BCUT2D eigenvalue weighted by Gasteiger charge is -2.49. The highest BCUT2D eigenvalue weighted by Gasteiger charge is 2.54. The third-order valence-electron chi connectivity index (χ3n) is 6.98. The number of carboxylic acid groups (broad SMARTS) is 1. The Morgan fingerprint density at radius 3 is 2.79 bits per heavy atom. The van der Waals surface area contributed by atoms with Crippen LogP contribution in [-0.2, 0) is 30.5 Å². The number of carboxylic acids is 1. The summed E-state index contributed by atoms with van der Waals surface area (Å²) in [5.41, 5.74) is 5.25. The number of carbonyl (C=O) groups is 4. The number of aromatic nitrogens is 6. The van der Waals surface area contributed by atoms with Crippen molar-refractivity contribution in [3.8, 4) is 0 Å². The van der Waals surface area contributed by atoms with Crippen LogP contribution in [0.1, 0.15) is 52.3 Å². The zero-order valence-corrected chi connectivity index (χ0v) is 28.8. The topological polar surface area (TPSA) is 242 Å². The number of anilines is 1. The van der Waals surface area contributed by atoms with Crippen molar-refractivity contribution in [1.29, 1.82) is 0 Å². The Labute approximate surface area is 287 Å². The first-order valence-electron chi connectivity index (χ1n) is 15.0. The second kappa shape index (κ2) is 15.3. The second-order valence-corrected chi connectivity index (χ2v) is 14.6. The molecule has 0 bridgehead atoms. The summed E-state index contributed by atoms with van der Waals surface area (Å²) in [6, 6.07) is -1.01. The van der Waals surface area contributed by atoms with E-state index in [4.69, 9.17) is 15.3 Å². The number of fused-ring (bicyclic) bond motifs is 1. The largest absolute Gasteiger partial charge is 0.477 e. The van der Waals surface area contributed by atoms with Crippen molar-refractivity contribution in [1.82, 2.24) is 45.1 Å². The number of allylic oxidation sites excluding steroid dienone is 1. The van der Waals surface area contributed by atoms with E-state index < -0.39 is 40.9 Å². The molecule has 4 heterocycles. The number of nitrogens with one attached hydrogen (secondary N) is 2. The maximum atomic E-state index is 13.4. The van der Waals surface area contributed by atoms with Gasteiger partial charge in [0.15, 0.2) is 5.13 Å². The smallest absolute Gasteiger partial charge is 0.407 e. The molecule has 1 fully saturated rings. The number of amides is 3. The highest BCUT2D eigenvalue weighted by Crippen LogP contribution is 2.41. The van der Waals surface area contributed by atoms with Crippen LogP contribution >= 0.6 is 35.1 Å². The maximum absolute atomic E-state index is 13.4. The van der Waals surface area contributed by atoms with Gasteiger partial charge >= 0.3 is 12.1 Å². The molecular formula is C27H35N11O7S3. The summed E-state index contributed by atoms with van der Waals surface area (Å²) in [5.74, 6) is -2.13. The Bertz CT molecular complexity index is 1630. The SMILES string of the molecule is CC(C)(C)OC(=O)NCCCn1nnnc1SCC1=C(C(=O)O)N2C(=O)C(NC(=O)C(=NOC3C=CCCC3)c3nsc(N)n3)[C@@H]2SC1. The molecule has 2 aromatic heterocycles. The molecule has 1 saturated heterocycles. The first-order chi connectivity index (χ1) is 22.9. The predicted molar refractivity (Wildman–Crippen MR) is 176 cm³/mol. The minimum absolute atomic E-state index is 0.0400. The predicted octanol–water partition coefficient (Wildman–Crippen LogP) is 1.38. The van der Waals surface area contributed by atoms with Gasteiger partial charge in [0.1, 0.15) is 28.8 Å². The molecule has 3 aliphatic rings. The van der Waals surface area contributed by atoms with E-state index in [0.717, 1.165) is 30.8 Å². The van der Waals surface area contributed by atoms with E-state index in [1.54, 1.807) is 25.5 Å². The Hall–Kier alpha value is -4.24. The fraction of sp³-hybridized carbons (Fsp3) is 0.556. The monoisotopic (exact) mass is 721 g/mol. The molecular weight excluding hydrogens is 687 g/mol. The molecule has 3 atom stereocenters. The van der Waals surface area contributed by atoms with Gasteiger partial charge in [-0.3, -0.25) is 14.5 Å². The molecule has 3 amide bonds. The van der Waals surface area contributed by atoms with Crippen molar-refractivity contribution in [2.24, 2.45) is 5.16 Å². The van der Waals surface area contributed by atoms with Gasteiger partial charge in [0.05, 0.1) is 0 Å². The van der Waals surface area contributed by atoms with E-state index in [9.17, 15) is 24.3 Å². The van der Waals surface area contributed by atoms with Gasteiger partial charge in [0, 0.05) is 36.1 Å². The number of hydrogen-bond donors (Lipinski definition) is 4. The summed E-state index contributed by atoms with van der Waals surface area (Å²) < 4.78 is 10.9. The number of nitrogen functional groups attached to an aromatic ring is 1. The average molecular weight is 722 g/mol. The molecule has 0 spiro atoms.